The molecule has 0 heterocycles. The van der Waals surface area contributed by atoms with Crippen molar-refractivity contribution in [3.63, 3.8) is 0 Å². The van der Waals surface area contributed by atoms with Gasteiger partial charge in [-0.15, -0.1) is 0 Å². The third-order valence-corrected chi connectivity index (χ3v) is 3.40. The van der Waals surface area contributed by atoms with Crippen LogP contribution in [0.2, 0.25) is 0 Å². The highest BCUT2D eigenvalue weighted by Crippen LogP contribution is 2.19. The van der Waals surface area contributed by atoms with Gasteiger partial charge < -0.3 is 10.6 Å². The summed E-state index contributed by atoms with van der Waals surface area (Å²) in [4.78, 5) is 11.9. The summed E-state index contributed by atoms with van der Waals surface area (Å²) < 4.78 is 1.00. The van der Waals surface area contributed by atoms with Crippen molar-refractivity contribution in [3.05, 3.63) is 58.1 Å². The van der Waals surface area contributed by atoms with Gasteiger partial charge in [0.25, 0.3) is 0 Å². The highest BCUT2D eigenvalue weighted by molar-refractivity contribution is 9.10. The zero-order chi connectivity index (χ0) is 15.2. The second-order valence-electron chi connectivity index (χ2n) is 4.55. The predicted molar refractivity (Wildman–Crippen MR) is 87.2 cm³/mol. The molecule has 106 valence electrons. The van der Waals surface area contributed by atoms with Crippen LogP contribution in [0.1, 0.15) is 11.1 Å². The SMILES string of the molecule is Cc1cc(Br)ccc1NCC(=O)Nc1cccc(C#N)c1. The summed E-state index contributed by atoms with van der Waals surface area (Å²) in [6.45, 7) is 2.14. The minimum absolute atomic E-state index is 0.160. The van der Waals surface area contributed by atoms with E-state index in [4.69, 9.17) is 5.26 Å². The van der Waals surface area contributed by atoms with E-state index in [0.29, 0.717) is 11.3 Å². The molecule has 0 saturated carbocycles. The van der Waals surface area contributed by atoms with Crippen molar-refractivity contribution in [1.82, 2.24) is 0 Å². The zero-order valence-corrected chi connectivity index (χ0v) is 13.1. The lowest BCUT2D eigenvalue weighted by Gasteiger charge is -2.10. The maximum Gasteiger partial charge on any atom is 0.243 e. The topological polar surface area (TPSA) is 64.9 Å². The Labute approximate surface area is 131 Å². The van der Waals surface area contributed by atoms with E-state index in [-0.39, 0.29) is 12.5 Å². The first-order valence-corrected chi connectivity index (χ1v) is 7.18. The number of anilines is 2. The van der Waals surface area contributed by atoms with Crippen molar-refractivity contribution in [2.24, 2.45) is 0 Å². The number of benzene rings is 2. The molecule has 0 spiro atoms. The van der Waals surface area contributed by atoms with Crippen LogP contribution in [0.25, 0.3) is 0 Å². The molecular weight excluding hydrogens is 330 g/mol. The van der Waals surface area contributed by atoms with E-state index in [9.17, 15) is 4.79 Å². The fourth-order valence-electron chi connectivity index (χ4n) is 1.87. The molecule has 0 unspecified atom stereocenters. The molecule has 5 heteroatoms. The van der Waals surface area contributed by atoms with E-state index in [1.807, 2.05) is 31.2 Å². The van der Waals surface area contributed by atoms with Crippen molar-refractivity contribution >= 4 is 33.2 Å². The van der Waals surface area contributed by atoms with Crippen molar-refractivity contribution in [1.29, 1.82) is 5.26 Å². The molecule has 1 amide bonds. The first kappa shape index (κ1) is 15.1. The van der Waals surface area contributed by atoms with E-state index in [1.54, 1.807) is 24.3 Å². The highest BCUT2D eigenvalue weighted by atomic mass is 79.9. The Kier molecular flexibility index (Phi) is 4.96. The Balaban J connectivity index is 1.94. The summed E-state index contributed by atoms with van der Waals surface area (Å²) in [5, 5.41) is 14.7. The number of carbonyl (C=O) groups excluding carboxylic acids is 1. The molecule has 2 N–H and O–H groups in total. The molecule has 0 aliphatic rings. The van der Waals surface area contributed by atoms with Gasteiger partial charge in [-0.05, 0) is 48.9 Å². The highest BCUT2D eigenvalue weighted by Gasteiger charge is 2.04. The minimum Gasteiger partial charge on any atom is -0.376 e. The second kappa shape index (κ2) is 6.91. The number of nitrogens with one attached hydrogen (secondary N) is 2. The maximum atomic E-state index is 11.9. The van der Waals surface area contributed by atoms with Crippen molar-refractivity contribution in [2.75, 3.05) is 17.2 Å². The summed E-state index contributed by atoms with van der Waals surface area (Å²) in [7, 11) is 0. The molecule has 0 aliphatic heterocycles. The van der Waals surface area contributed by atoms with Crippen LogP contribution >= 0.6 is 15.9 Å². The average Bonchev–Trinajstić information content (AvgIpc) is 2.46. The molecule has 0 radical (unpaired) electrons. The smallest absolute Gasteiger partial charge is 0.243 e. The van der Waals surface area contributed by atoms with Gasteiger partial charge in [0.05, 0.1) is 18.2 Å². The van der Waals surface area contributed by atoms with Gasteiger partial charge in [-0.25, -0.2) is 0 Å². The van der Waals surface area contributed by atoms with Crippen molar-refractivity contribution in [3.8, 4) is 6.07 Å². The van der Waals surface area contributed by atoms with Crippen LogP contribution in [0.3, 0.4) is 0 Å². The van der Waals surface area contributed by atoms with Crippen LogP contribution in [0.15, 0.2) is 46.9 Å². The fourth-order valence-corrected chi connectivity index (χ4v) is 2.35. The van der Waals surface area contributed by atoms with Crippen LogP contribution in [0.5, 0.6) is 0 Å². The van der Waals surface area contributed by atoms with Crippen molar-refractivity contribution in [2.45, 2.75) is 6.92 Å². The lowest BCUT2D eigenvalue weighted by molar-refractivity contribution is -0.114. The van der Waals surface area contributed by atoms with Gasteiger partial charge >= 0.3 is 0 Å². The van der Waals surface area contributed by atoms with E-state index in [1.165, 1.54) is 0 Å². The third kappa shape index (κ3) is 4.33. The number of nitrogens with zero attached hydrogens (tertiary/aromatic N) is 1. The Morgan fingerprint density at radius 1 is 1.29 bits per heavy atom. The molecule has 0 bridgehead atoms. The first-order chi connectivity index (χ1) is 10.1. The molecule has 0 aromatic heterocycles. The number of aryl methyl sites for hydroxylation is 1. The van der Waals surface area contributed by atoms with Gasteiger partial charge in [-0.2, -0.15) is 5.26 Å². The van der Waals surface area contributed by atoms with E-state index in [2.05, 4.69) is 26.6 Å². The molecule has 0 aliphatic carbocycles. The molecule has 2 rings (SSSR count). The average molecular weight is 344 g/mol. The van der Waals surface area contributed by atoms with Crippen LogP contribution < -0.4 is 10.6 Å². The summed E-state index contributed by atoms with van der Waals surface area (Å²) in [5.41, 5.74) is 3.11. The van der Waals surface area contributed by atoms with Crippen molar-refractivity contribution < 1.29 is 4.79 Å². The molecule has 0 saturated heterocycles. The number of hydrogen-bond acceptors (Lipinski definition) is 3. The number of nitriles is 1. The number of halogens is 1. The number of rotatable bonds is 4. The summed E-state index contributed by atoms with van der Waals surface area (Å²) in [5.74, 6) is -0.160. The molecule has 0 fully saturated rings. The van der Waals surface area contributed by atoms with Gasteiger partial charge in [0.2, 0.25) is 5.91 Å². The molecule has 2 aromatic carbocycles. The molecule has 2 aromatic rings. The quantitative estimate of drug-likeness (QED) is 0.889. The molecule has 21 heavy (non-hydrogen) atoms. The lowest BCUT2D eigenvalue weighted by Crippen LogP contribution is -2.22. The fraction of sp³-hybridized carbons (Fsp3) is 0.125. The van der Waals surface area contributed by atoms with Gasteiger partial charge in [-0.3, -0.25) is 4.79 Å². The Morgan fingerprint density at radius 3 is 2.81 bits per heavy atom. The number of amides is 1. The second-order valence-corrected chi connectivity index (χ2v) is 5.47. The van der Waals surface area contributed by atoms with Crippen LogP contribution in [-0.4, -0.2) is 12.5 Å². The number of hydrogen-bond donors (Lipinski definition) is 2. The third-order valence-electron chi connectivity index (χ3n) is 2.90. The van der Waals surface area contributed by atoms with Gasteiger partial charge in [0.15, 0.2) is 0 Å². The Bertz CT molecular complexity index is 707. The van der Waals surface area contributed by atoms with Gasteiger partial charge in [0, 0.05) is 15.8 Å². The normalized spacial score (nSPS) is 9.76. The molecular formula is C16H14BrN3O. The summed E-state index contributed by atoms with van der Waals surface area (Å²) in [6.07, 6.45) is 0. The molecule has 0 atom stereocenters. The maximum absolute atomic E-state index is 11.9. The lowest BCUT2D eigenvalue weighted by atomic mass is 10.2. The van der Waals surface area contributed by atoms with E-state index < -0.39 is 0 Å². The predicted octanol–water partition coefficient (Wildman–Crippen LogP) is 3.68. The van der Waals surface area contributed by atoms with Gasteiger partial charge in [0.1, 0.15) is 0 Å². The monoisotopic (exact) mass is 343 g/mol. The van der Waals surface area contributed by atoms with Crippen LogP contribution in [-0.2, 0) is 4.79 Å². The first-order valence-electron chi connectivity index (χ1n) is 6.38. The number of carbonyl (C=O) groups is 1. The Morgan fingerprint density at radius 2 is 2.10 bits per heavy atom. The van der Waals surface area contributed by atoms with E-state index >= 15 is 0 Å². The van der Waals surface area contributed by atoms with E-state index in [0.717, 1.165) is 15.7 Å². The molecule has 4 nitrogen and oxygen atoms in total. The Hall–Kier alpha value is -2.32. The minimum atomic E-state index is -0.160. The van der Waals surface area contributed by atoms with Crippen LogP contribution in [0, 0.1) is 18.3 Å². The summed E-state index contributed by atoms with van der Waals surface area (Å²) >= 11 is 3.40. The van der Waals surface area contributed by atoms with Crippen LogP contribution in [0.4, 0.5) is 11.4 Å². The summed E-state index contributed by atoms with van der Waals surface area (Å²) in [6, 6.07) is 14.7. The zero-order valence-electron chi connectivity index (χ0n) is 11.5. The van der Waals surface area contributed by atoms with Gasteiger partial charge in [-0.1, -0.05) is 22.0 Å². The standard InChI is InChI=1S/C16H14BrN3O/c1-11-7-13(17)5-6-15(11)19-10-16(21)20-14-4-2-3-12(8-14)9-18/h2-8,19H,10H2,1H3,(H,20,21). The largest absolute Gasteiger partial charge is 0.376 e.